The lowest BCUT2D eigenvalue weighted by molar-refractivity contribution is -0.394. The predicted octanol–water partition coefficient (Wildman–Crippen LogP) is 4.96. The zero-order valence-corrected chi connectivity index (χ0v) is 15.3. The van der Waals surface area contributed by atoms with Gasteiger partial charge in [-0.25, -0.2) is 4.79 Å². The first-order valence-electron chi connectivity index (χ1n) is 8.63. The number of benzene rings is 1. The van der Waals surface area contributed by atoms with Crippen LogP contribution in [0.4, 0.5) is 11.4 Å². The summed E-state index contributed by atoms with van der Waals surface area (Å²) in [7, 11) is 0. The van der Waals surface area contributed by atoms with Gasteiger partial charge in [-0.3, -0.25) is 20.2 Å². The first kappa shape index (κ1) is 21.3. The van der Waals surface area contributed by atoms with E-state index in [0.717, 1.165) is 50.3 Å². The van der Waals surface area contributed by atoms with Crippen LogP contribution in [0.25, 0.3) is 0 Å². The fourth-order valence-corrected chi connectivity index (χ4v) is 2.64. The van der Waals surface area contributed by atoms with Gasteiger partial charge in [-0.05, 0) is 25.3 Å². The molecule has 0 saturated heterocycles. The van der Waals surface area contributed by atoms with Gasteiger partial charge in [-0.2, -0.15) is 0 Å². The highest BCUT2D eigenvalue weighted by atomic mass is 16.6. The Kier molecular flexibility index (Phi) is 8.41. The summed E-state index contributed by atoms with van der Waals surface area (Å²) in [6.45, 7) is 5.74. The molecule has 0 amide bonds. The molecule has 142 valence electrons. The van der Waals surface area contributed by atoms with Crippen LogP contribution >= 0.6 is 0 Å². The standard InChI is InChI=1S/C18H24N2O6/c1-4-6-7-8-9-13(3)15(5-2)18(21)26-17-11-10-14(19(22)23)12-16(17)20(24)25/h5,10-13H,4,6-9H2,1-3H3. The van der Waals surface area contributed by atoms with Crippen molar-refractivity contribution < 1.29 is 19.4 Å². The summed E-state index contributed by atoms with van der Waals surface area (Å²) in [6, 6.07) is 2.93. The second kappa shape index (κ2) is 10.3. The van der Waals surface area contributed by atoms with Crippen molar-refractivity contribution >= 4 is 17.3 Å². The lowest BCUT2D eigenvalue weighted by Crippen LogP contribution is -2.17. The first-order valence-corrected chi connectivity index (χ1v) is 8.63. The summed E-state index contributed by atoms with van der Waals surface area (Å²) in [5, 5.41) is 21.9. The van der Waals surface area contributed by atoms with Crippen LogP contribution in [0.2, 0.25) is 0 Å². The number of hydrogen-bond donors (Lipinski definition) is 0. The molecule has 8 nitrogen and oxygen atoms in total. The summed E-state index contributed by atoms with van der Waals surface area (Å²) < 4.78 is 5.17. The fraction of sp³-hybridized carbons (Fsp3) is 0.500. The summed E-state index contributed by atoms with van der Waals surface area (Å²) in [5.41, 5.74) is -0.611. The number of carbonyl (C=O) groups excluding carboxylic acids is 1. The first-order chi connectivity index (χ1) is 12.3. The largest absolute Gasteiger partial charge is 0.416 e. The number of allylic oxidation sites excluding steroid dienone is 1. The minimum atomic E-state index is -0.806. The number of rotatable bonds is 10. The topological polar surface area (TPSA) is 113 Å². The van der Waals surface area contributed by atoms with Crippen LogP contribution in [0.1, 0.15) is 52.9 Å². The van der Waals surface area contributed by atoms with Gasteiger partial charge in [0.05, 0.1) is 15.9 Å². The number of nitro benzene ring substituents is 2. The van der Waals surface area contributed by atoms with E-state index in [-0.39, 0.29) is 11.7 Å². The van der Waals surface area contributed by atoms with Gasteiger partial charge in [0.1, 0.15) is 0 Å². The molecule has 0 N–H and O–H groups in total. The van der Waals surface area contributed by atoms with Crippen molar-refractivity contribution in [2.45, 2.75) is 52.9 Å². The van der Waals surface area contributed by atoms with Crippen LogP contribution in [-0.2, 0) is 4.79 Å². The van der Waals surface area contributed by atoms with E-state index in [1.54, 1.807) is 13.0 Å². The molecule has 0 aliphatic heterocycles. The smallest absolute Gasteiger partial charge is 0.339 e. The van der Waals surface area contributed by atoms with E-state index in [2.05, 4.69) is 6.92 Å². The van der Waals surface area contributed by atoms with Crippen LogP contribution < -0.4 is 4.74 Å². The van der Waals surface area contributed by atoms with Gasteiger partial charge in [-0.1, -0.05) is 45.6 Å². The molecule has 1 aromatic carbocycles. The van der Waals surface area contributed by atoms with Crippen molar-refractivity contribution in [1.29, 1.82) is 0 Å². The molecule has 8 heteroatoms. The van der Waals surface area contributed by atoms with E-state index >= 15 is 0 Å². The van der Waals surface area contributed by atoms with Crippen LogP contribution in [0.5, 0.6) is 5.75 Å². The zero-order chi connectivity index (χ0) is 19.7. The number of unbranched alkanes of at least 4 members (excludes halogenated alkanes) is 3. The van der Waals surface area contributed by atoms with Crippen LogP contribution in [0.3, 0.4) is 0 Å². The third-order valence-corrected chi connectivity index (χ3v) is 4.12. The summed E-state index contributed by atoms with van der Waals surface area (Å²) in [6.07, 6.45) is 6.78. The number of carbonyl (C=O) groups is 1. The lowest BCUT2D eigenvalue weighted by Gasteiger charge is -2.15. The van der Waals surface area contributed by atoms with Crippen LogP contribution in [0, 0.1) is 26.1 Å². The van der Waals surface area contributed by atoms with Gasteiger partial charge >= 0.3 is 11.7 Å². The fourth-order valence-electron chi connectivity index (χ4n) is 2.64. The number of nitro groups is 2. The molecule has 0 radical (unpaired) electrons. The molecule has 0 heterocycles. The Morgan fingerprint density at radius 2 is 1.88 bits per heavy atom. The minimum Gasteiger partial charge on any atom is -0.416 e. The van der Waals surface area contributed by atoms with Crippen LogP contribution in [0.15, 0.2) is 29.8 Å². The minimum absolute atomic E-state index is 0.0403. The third-order valence-electron chi connectivity index (χ3n) is 4.12. The molecule has 1 unspecified atom stereocenters. The van der Waals surface area contributed by atoms with Crippen molar-refractivity contribution in [3.05, 3.63) is 50.1 Å². The Hall–Kier alpha value is -2.77. The highest BCUT2D eigenvalue weighted by Crippen LogP contribution is 2.32. The average molecular weight is 364 g/mol. The van der Waals surface area contributed by atoms with Crippen molar-refractivity contribution in [3.8, 4) is 5.75 Å². The number of non-ortho nitro benzene ring substituents is 1. The van der Waals surface area contributed by atoms with E-state index in [4.69, 9.17) is 4.74 Å². The maximum Gasteiger partial charge on any atom is 0.339 e. The normalized spacial score (nSPS) is 12.5. The molecule has 0 spiro atoms. The van der Waals surface area contributed by atoms with Gasteiger partial charge < -0.3 is 4.74 Å². The Morgan fingerprint density at radius 1 is 1.19 bits per heavy atom. The molecule has 1 aromatic rings. The van der Waals surface area contributed by atoms with Gasteiger partial charge in [-0.15, -0.1) is 0 Å². The molecule has 1 atom stereocenters. The zero-order valence-electron chi connectivity index (χ0n) is 15.3. The van der Waals surface area contributed by atoms with Crippen molar-refractivity contribution in [3.63, 3.8) is 0 Å². The number of hydrogen-bond acceptors (Lipinski definition) is 6. The maximum atomic E-state index is 12.4. The monoisotopic (exact) mass is 364 g/mol. The van der Waals surface area contributed by atoms with Crippen molar-refractivity contribution in [1.82, 2.24) is 0 Å². The Labute approximate surface area is 152 Å². The molecule has 0 aliphatic rings. The molecule has 0 saturated carbocycles. The quantitative estimate of drug-likeness (QED) is 0.145. The van der Waals surface area contributed by atoms with E-state index in [1.165, 1.54) is 0 Å². The second-order valence-electron chi connectivity index (χ2n) is 6.05. The highest BCUT2D eigenvalue weighted by Gasteiger charge is 2.25. The molecule has 26 heavy (non-hydrogen) atoms. The molecule has 1 rings (SSSR count). The molecule has 0 aromatic heterocycles. The predicted molar refractivity (Wildman–Crippen MR) is 97.1 cm³/mol. The maximum absolute atomic E-state index is 12.4. The summed E-state index contributed by atoms with van der Waals surface area (Å²) in [4.78, 5) is 32.8. The SMILES string of the molecule is CC=C(C(=O)Oc1ccc([N+](=O)[O-])cc1[N+](=O)[O-])C(C)CCCCCC. The Balaban J connectivity index is 2.90. The third kappa shape index (κ3) is 5.94. The van der Waals surface area contributed by atoms with E-state index in [1.807, 2.05) is 6.92 Å². The van der Waals surface area contributed by atoms with E-state index in [0.29, 0.717) is 5.57 Å². The van der Waals surface area contributed by atoms with Crippen molar-refractivity contribution in [2.24, 2.45) is 5.92 Å². The number of nitrogens with zero attached hydrogens (tertiary/aromatic N) is 2. The molecule has 0 aliphatic carbocycles. The van der Waals surface area contributed by atoms with Gasteiger partial charge in [0, 0.05) is 11.6 Å². The lowest BCUT2D eigenvalue weighted by atomic mass is 9.94. The molecule has 0 fully saturated rings. The summed E-state index contributed by atoms with van der Waals surface area (Å²) >= 11 is 0. The average Bonchev–Trinajstić information content (AvgIpc) is 2.59. The Bertz CT molecular complexity index is 699. The molecule has 0 bridgehead atoms. The highest BCUT2D eigenvalue weighted by molar-refractivity contribution is 5.91. The summed E-state index contributed by atoms with van der Waals surface area (Å²) in [5.74, 6) is -1.02. The Morgan fingerprint density at radius 3 is 2.42 bits per heavy atom. The van der Waals surface area contributed by atoms with Crippen molar-refractivity contribution in [2.75, 3.05) is 0 Å². The van der Waals surface area contributed by atoms with Gasteiger partial charge in [0.15, 0.2) is 0 Å². The number of ether oxygens (including phenoxy) is 1. The number of esters is 1. The van der Waals surface area contributed by atoms with Gasteiger partial charge in [0.2, 0.25) is 5.75 Å². The van der Waals surface area contributed by atoms with E-state index in [9.17, 15) is 25.0 Å². The van der Waals surface area contributed by atoms with Crippen LogP contribution in [-0.4, -0.2) is 15.8 Å². The van der Waals surface area contributed by atoms with E-state index < -0.39 is 27.2 Å². The second-order valence-corrected chi connectivity index (χ2v) is 6.05. The van der Waals surface area contributed by atoms with Gasteiger partial charge in [0.25, 0.3) is 5.69 Å². The molecular formula is C18H24N2O6. The molecular weight excluding hydrogens is 340 g/mol.